The van der Waals surface area contributed by atoms with Crippen molar-refractivity contribution < 1.29 is 19.1 Å². The second kappa shape index (κ2) is 10.2. The third kappa shape index (κ3) is 5.68. The van der Waals surface area contributed by atoms with E-state index in [9.17, 15) is 14.4 Å². The third-order valence-corrected chi connectivity index (χ3v) is 5.57. The molecule has 29 heavy (non-hydrogen) atoms. The summed E-state index contributed by atoms with van der Waals surface area (Å²) in [5.41, 5.74) is 0.828. The van der Waals surface area contributed by atoms with E-state index in [4.69, 9.17) is 4.74 Å². The van der Waals surface area contributed by atoms with Gasteiger partial charge in [-0.2, -0.15) is 0 Å². The quantitative estimate of drug-likeness (QED) is 0.724. The van der Waals surface area contributed by atoms with Crippen molar-refractivity contribution in [1.29, 1.82) is 0 Å². The zero-order chi connectivity index (χ0) is 20.6. The number of hydrogen-bond acceptors (Lipinski definition) is 5. The van der Waals surface area contributed by atoms with Crippen molar-refractivity contribution in [2.24, 2.45) is 0 Å². The molecule has 3 rings (SSSR count). The number of carbonyl (C=O) groups excluding carboxylic acids is 3. The number of carbonyl (C=O) groups is 3. The van der Waals surface area contributed by atoms with Gasteiger partial charge in [-0.05, 0) is 44.2 Å². The smallest absolute Gasteiger partial charge is 0.407 e. The molecule has 2 aliphatic rings. The van der Waals surface area contributed by atoms with Gasteiger partial charge in [-0.3, -0.25) is 14.6 Å². The molecule has 0 aromatic carbocycles. The number of nitrogens with one attached hydrogen (secondary N) is 2. The second-order valence-electron chi connectivity index (χ2n) is 7.66. The predicted molar refractivity (Wildman–Crippen MR) is 107 cm³/mol. The first-order valence-corrected chi connectivity index (χ1v) is 10.5. The summed E-state index contributed by atoms with van der Waals surface area (Å²) in [5, 5.41) is 5.76. The van der Waals surface area contributed by atoms with E-state index >= 15 is 0 Å². The summed E-state index contributed by atoms with van der Waals surface area (Å²) < 4.78 is 4.97. The zero-order valence-electron chi connectivity index (χ0n) is 16.9. The topological polar surface area (TPSA) is 101 Å². The number of hydrogen-bond donors (Lipinski definition) is 2. The molecule has 3 amide bonds. The van der Waals surface area contributed by atoms with E-state index in [1.807, 2.05) is 6.07 Å². The van der Waals surface area contributed by atoms with Gasteiger partial charge in [-0.25, -0.2) is 4.79 Å². The van der Waals surface area contributed by atoms with E-state index < -0.39 is 18.2 Å². The van der Waals surface area contributed by atoms with Crippen LogP contribution in [-0.2, 0) is 20.7 Å². The molecule has 1 aliphatic carbocycles. The number of amides is 3. The Kier molecular flexibility index (Phi) is 7.43. The Balaban J connectivity index is 1.70. The minimum absolute atomic E-state index is 0.0842. The Bertz CT molecular complexity index is 706. The number of pyridine rings is 1. The molecule has 2 heterocycles. The van der Waals surface area contributed by atoms with Crippen LogP contribution in [0.15, 0.2) is 24.5 Å². The van der Waals surface area contributed by atoms with Crippen molar-refractivity contribution in [2.75, 3.05) is 13.2 Å². The molecule has 0 spiro atoms. The molecule has 8 nitrogen and oxygen atoms in total. The molecule has 1 saturated carbocycles. The lowest BCUT2D eigenvalue weighted by Crippen LogP contribution is -2.55. The average Bonchev–Trinajstić information content (AvgIpc) is 3.40. The second-order valence-corrected chi connectivity index (χ2v) is 7.66. The van der Waals surface area contributed by atoms with Crippen LogP contribution in [0.4, 0.5) is 4.79 Å². The highest BCUT2D eigenvalue weighted by Crippen LogP contribution is 2.22. The molecule has 2 fully saturated rings. The van der Waals surface area contributed by atoms with Crippen molar-refractivity contribution in [1.82, 2.24) is 20.5 Å². The van der Waals surface area contributed by atoms with E-state index in [1.54, 1.807) is 30.3 Å². The van der Waals surface area contributed by atoms with Gasteiger partial charge in [-0.15, -0.1) is 0 Å². The Morgan fingerprint density at radius 1 is 1.24 bits per heavy atom. The number of likely N-dealkylation sites (tertiary alicyclic amines) is 1. The van der Waals surface area contributed by atoms with Crippen molar-refractivity contribution >= 4 is 17.9 Å². The Morgan fingerprint density at radius 3 is 2.72 bits per heavy atom. The molecule has 0 unspecified atom stereocenters. The first-order chi connectivity index (χ1) is 14.1. The van der Waals surface area contributed by atoms with Crippen LogP contribution in [0.2, 0.25) is 0 Å². The van der Waals surface area contributed by atoms with Gasteiger partial charge in [0.25, 0.3) is 0 Å². The highest BCUT2D eigenvalue weighted by atomic mass is 16.5. The largest absolute Gasteiger partial charge is 0.450 e. The van der Waals surface area contributed by atoms with Crippen LogP contribution < -0.4 is 10.6 Å². The first kappa shape index (κ1) is 21.1. The van der Waals surface area contributed by atoms with Gasteiger partial charge in [0.2, 0.25) is 11.8 Å². The van der Waals surface area contributed by atoms with Crippen LogP contribution in [0, 0.1) is 0 Å². The molecule has 1 aliphatic heterocycles. The first-order valence-electron chi connectivity index (χ1n) is 10.5. The van der Waals surface area contributed by atoms with E-state index in [1.165, 1.54) is 0 Å². The van der Waals surface area contributed by atoms with Crippen molar-refractivity contribution in [3.63, 3.8) is 0 Å². The third-order valence-electron chi connectivity index (χ3n) is 5.57. The summed E-state index contributed by atoms with van der Waals surface area (Å²) >= 11 is 0. The maximum atomic E-state index is 13.3. The summed E-state index contributed by atoms with van der Waals surface area (Å²) in [6.07, 6.45) is 8.66. The van der Waals surface area contributed by atoms with Gasteiger partial charge < -0.3 is 20.3 Å². The Labute approximate surface area is 171 Å². The fraction of sp³-hybridized carbons (Fsp3) is 0.619. The van der Waals surface area contributed by atoms with Gasteiger partial charge in [0.05, 0.1) is 6.61 Å². The van der Waals surface area contributed by atoms with Crippen LogP contribution in [0.25, 0.3) is 0 Å². The Morgan fingerprint density at radius 2 is 2.03 bits per heavy atom. The van der Waals surface area contributed by atoms with Crippen LogP contribution in [0.5, 0.6) is 0 Å². The molecular formula is C21H30N4O4. The highest BCUT2D eigenvalue weighted by Gasteiger charge is 2.38. The number of ether oxygens (including phenoxy) is 1. The van der Waals surface area contributed by atoms with Gasteiger partial charge >= 0.3 is 6.09 Å². The standard InChI is InChI=1S/C21H30N4O4/c1-2-29-21(28)24-17(13-15-7-5-11-22-14-15)20(27)25-12-6-10-18(25)19(26)23-16-8-3-4-9-16/h5,7,11,14,16-18H,2-4,6,8-10,12-13H2,1H3,(H,23,26)(H,24,28)/t17-,18-/m0/s1. The number of rotatable bonds is 7. The SMILES string of the molecule is CCOC(=O)N[C@@H](Cc1cccnc1)C(=O)N1CCC[C@H]1C(=O)NC1CCCC1. The number of aromatic nitrogens is 1. The van der Waals surface area contributed by atoms with Crippen molar-refractivity contribution in [2.45, 2.75) is 70.0 Å². The summed E-state index contributed by atoms with van der Waals surface area (Å²) in [6.45, 7) is 2.44. The lowest BCUT2D eigenvalue weighted by molar-refractivity contribution is -0.140. The summed E-state index contributed by atoms with van der Waals surface area (Å²) in [5.74, 6) is -0.343. The monoisotopic (exact) mass is 402 g/mol. The Hall–Kier alpha value is -2.64. The van der Waals surface area contributed by atoms with Crippen LogP contribution in [0.3, 0.4) is 0 Å². The molecule has 2 N–H and O–H groups in total. The number of alkyl carbamates (subject to hydrolysis) is 1. The van der Waals surface area contributed by atoms with Crippen LogP contribution in [0.1, 0.15) is 51.0 Å². The fourth-order valence-electron chi connectivity index (χ4n) is 4.14. The molecule has 8 heteroatoms. The summed E-state index contributed by atoms with van der Waals surface area (Å²) in [6, 6.07) is 2.56. The lowest BCUT2D eigenvalue weighted by Gasteiger charge is -2.29. The molecule has 1 aromatic heterocycles. The van der Waals surface area contributed by atoms with E-state index in [0.717, 1.165) is 37.7 Å². The zero-order valence-corrected chi connectivity index (χ0v) is 16.9. The van der Waals surface area contributed by atoms with Gasteiger partial charge in [0.1, 0.15) is 12.1 Å². The van der Waals surface area contributed by atoms with Crippen LogP contribution in [-0.4, -0.2) is 59.1 Å². The predicted octanol–water partition coefficient (Wildman–Crippen LogP) is 1.79. The van der Waals surface area contributed by atoms with Crippen molar-refractivity contribution in [3.05, 3.63) is 30.1 Å². The van der Waals surface area contributed by atoms with Gasteiger partial charge in [-0.1, -0.05) is 18.9 Å². The average molecular weight is 402 g/mol. The molecule has 2 atom stereocenters. The molecule has 158 valence electrons. The maximum absolute atomic E-state index is 13.3. The molecule has 0 bridgehead atoms. The fourth-order valence-corrected chi connectivity index (χ4v) is 4.14. The highest BCUT2D eigenvalue weighted by molar-refractivity contribution is 5.92. The molecule has 0 radical (unpaired) electrons. The normalized spacial score (nSPS) is 20.3. The van der Waals surface area contributed by atoms with Gasteiger partial charge in [0.15, 0.2) is 0 Å². The van der Waals surface area contributed by atoms with E-state index in [0.29, 0.717) is 19.4 Å². The summed E-state index contributed by atoms with van der Waals surface area (Å²) in [4.78, 5) is 43.8. The minimum atomic E-state index is -0.807. The molecule has 1 aromatic rings. The summed E-state index contributed by atoms with van der Waals surface area (Å²) in [7, 11) is 0. The maximum Gasteiger partial charge on any atom is 0.407 e. The van der Waals surface area contributed by atoms with Gasteiger partial charge in [0, 0.05) is 31.4 Å². The lowest BCUT2D eigenvalue weighted by atomic mass is 10.1. The minimum Gasteiger partial charge on any atom is -0.450 e. The molecule has 1 saturated heterocycles. The molecular weight excluding hydrogens is 372 g/mol. The van der Waals surface area contributed by atoms with Crippen LogP contribution >= 0.6 is 0 Å². The van der Waals surface area contributed by atoms with Crippen molar-refractivity contribution in [3.8, 4) is 0 Å². The number of nitrogens with zero attached hydrogens (tertiary/aromatic N) is 2. The van der Waals surface area contributed by atoms with E-state index in [2.05, 4.69) is 15.6 Å². The van der Waals surface area contributed by atoms with E-state index in [-0.39, 0.29) is 24.5 Å².